The van der Waals surface area contributed by atoms with Crippen molar-refractivity contribution in [3.8, 4) is 5.75 Å². The van der Waals surface area contributed by atoms with Crippen LogP contribution in [0.25, 0.3) is 5.53 Å². The molecule has 1 amide bonds. The molecule has 1 aromatic carbocycles. The Morgan fingerprint density at radius 2 is 1.79 bits per heavy atom. The highest BCUT2D eigenvalue weighted by molar-refractivity contribution is 6.74. The number of carboxylic acid groups (broad SMARTS) is 1. The van der Waals surface area contributed by atoms with Gasteiger partial charge >= 0.3 is 12.3 Å². The van der Waals surface area contributed by atoms with Crippen molar-refractivity contribution in [1.29, 1.82) is 0 Å². The van der Waals surface area contributed by atoms with E-state index in [9.17, 15) is 14.7 Å². The van der Waals surface area contributed by atoms with Crippen LogP contribution in [-0.2, 0) is 4.79 Å². The number of Topliss-reactive ketones (excluding diaryl/α,β-unsaturated/α-hetero) is 1. The molecule has 0 aliphatic rings. The molecule has 1 aromatic rings. The molecule has 0 aliphatic carbocycles. The number of hydrogen-bond acceptors (Lipinski definition) is 3. The minimum absolute atomic E-state index is 0.0303. The predicted molar refractivity (Wildman–Crippen MR) is 116 cm³/mol. The Hall–Kier alpha value is -2.15. The fraction of sp³-hybridized carbons (Fsp3) is 0.550. The Balaban J connectivity index is 3.49. The van der Waals surface area contributed by atoms with Gasteiger partial charge in [-0.1, -0.05) is 38.4 Å². The Morgan fingerprint density at radius 3 is 2.17 bits per heavy atom. The van der Waals surface area contributed by atoms with Crippen LogP contribution in [0.3, 0.4) is 0 Å². The molecule has 0 saturated heterocycles. The third kappa shape index (κ3) is 5.92. The third-order valence-corrected chi connectivity index (χ3v) is 9.72. The average molecular weight is 440 g/mol. The smallest absolute Gasteiger partial charge is 0.408 e. The molecule has 0 aliphatic heterocycles. The molecule has 1 rings (SSSR count). The summed E-state index contributed by atoms with van der Waals surface area (Å²) in [6.45, 7) is 15.5. The molecule has 0 heterocycles. The van der Waals surface area contributed by atoms with Crippen LogP contribution in [0, 0.1) is 0 Å². The average Bonchev–Trinajstić information content (AvgIpc) is 2.51. The van der Waals surface area contributed by atoms with Gasteiger partial charge in [0.05, 0.1) is 5.02 Å². The SMILES string of the molecule is CC(C)(C)N(C(=O)O)C(C(=O)C=[N+]=[N-])c1ccc(O[Si](C)(C)C(C)(C)C)c(Cl)c1. The zero-order valence-electron chi connectivity index (χ0n) is 18.3. The van der Waals surface area contributed by atoms with Crippen molar-refractivity contribution in [2.45, 2.75) is 71.3 Å². The summed E-state index contributed by atoms with van der Waals surface area (Å²) in [6.07, 6.45) is -0.583. The lowest BCUT2D eigenvalue weighted by atomic mass is 9.95. The van der Waals surface area contributed by atoms with Crippen molar-refractivity contribution in [3.05, 3.63) is 34.3 Å². The van der Waals surface area contributed by atoms with E-state index in [2.05, 4.69) is 38.7 Å². The van der Waals surface area contributed by atoms with Gasteiger partial charge in [-0.15, -0.1) is 0 Å². The molecule has 9 heteroatoms. The summed E-state index contributed by atoms with van der Waals surface area (Å²) < 4.78 is 6.24. The summed E-state index contributed by atoms with van der Waals surface area (Å²) >= 11 is 6.45. The molecular formula is C20H30ClN3O4Si. The van der Waals surface area contributed by atoms with E-state index in [1.54, 1.807) is 32.9 Å². The Labute approximate surface area is 178 Å². The standard InChI is InChI=1S/C20H30ClN3O4Si/c1-19(2,3)24(18(26)27)17(15(25)12-23-22)13-9-10-16(14(21)11-13)28-29(7,8)20(4,5)6/h9-12,17H,1-8H3,(H,26,27). The quantitative estimate of drug-likeness (QED) is 0.277. The molecular weight excluding hydrogens is 410 g/mol. The van der Waals surface area contributed by atoms with Crippen molar-refractivity contribution >= 4 is 38.0 Å². The van der Waals surface area contributed by atoms with Crippen LogP contribution in [0.2, 0.25) is 23.2 Å². The normalized spacial score (nSPS) is 13.3. The monoisotopic (exact) mass is 439 g/mol. The van der Waals surface area contributed by atoms with Gasteiger partial charge in [0.1, 0.15) is 11.8 Å². The summed E-state index contributed by atoms with van der Waals surface area (Å²) in [5, 5.41) is 9.99. The molecule has 1 unspecified atom stereocenters. The van der Waals surface area contributed by atoms with E-state index < -0.39 is 31.8 Å². The van der Waals surface area contributed by atoms with E-state index in [0.717, 1.165) is 4.90 Å². The lowest BCUT2D eigenvalue weighted by Crippen LogP contribution is -2.49. The van der Waals surface area contributed by atoms with E-state index in [-0.39, 0.29) is 10.1 Å². The summed E-state index contributed by atoms with van der Waals surface area (Å²) in [6, 6.07) is 3.57. The Morgan fingerprint density at radius 1 is 1.24 bits per heavy atom. The highest BCUT2D eigenvalue weighted by Gasteiger charge is 2.41. The fourth-order valence-corrected chi connectivity index (χ4v) is 3.88. The molecule has 0 fully saturated rings. The highest BCUT2D eigenvalue weighted by atomic mass is 35.5. The number of carbonyl (C=O) groups excluding carboxylic acids is 1. The van der Waals surface area contributed by atoms with Gasteiger partial charge in [-0.25, -0.2) is 4.79 Å². The number of benzene rings is 1. The fourth-order valence-electron chi connectivity index (χ4n) is 2.55. The first kappa shape index (κ1) is 24.9. The number of halogens is 1. The van der Waals surface area contributed by atoms with E-state index in [0.29, 0.717) is 17.5 Å². The molecule has 0 bridgehead atoms. The van der Waals surface area contributed by atoms with Crippen molar-refractivity contribution in [2.75, 3.05) is 0 Å². The van der Waals surface area contributed by atoms with Gasteiger partial charge in [-0.3, -0.25) is 9.69 Å². The predicted octanol–water partition coefficient (Wildman–Crippen LogP) is 5.41. The number of carbonyl (C=O) groups is 2. The van der Waals surface area contributed by atoms with Gasteiger partial charge in [0.25, 0.3) is 14.1 Å². The number of hydrogen-bond donors (Lipinski definition) is 1. The molecule has 1 N–H and O–H groups in total. The Kier molecular flexibility index (Phi) is 7.46. The van der Waals surface area contributed by atoms with Crippen molar-refractivity contribution in [1.82, 2.24) is 4.90 Å². The molecule has 1 atom stereocenters. The maximum absolute atomic E-state index is 12.6. The van der Waals surface area contributed by atoms with Gasteiger partial charge in [-0.05, 0) is 56.6 Å². The van der Waals surface area contributed by atoms with Crippen LogP contribution in [0.5, 0.6) is 5.75 Å². The van der Waals surface area contributed by atoms with Gasteiger partial charge in [-0.2, -0.15) is 4.79 Å². The van der Waals surface area contributed by atoms with Gasteiger partial charge in [0.15, 0.2) is 0 Å². The number of ketones is 1. The minimum Gasteiger partial charge on any atom is -0.543 e. The lowest BCUT2D eigenvalue weighted by Gasteiger charge is -2.38. The molecule has 0 saturated carbocycles. The molecule has 7 nitrogen and oxygen atoms in total. The largest absolute Gasteiger partial charge is 0.543 e. The summed E-state index contributed by atoms with van der Waals surface area (Å²) in [5.74, 6) is -0.194. The van der Waals surface area contributed by atoms with Crippen LogP contribution in [0.4, 0.5) is 4.79 Å². The van der Waals surface area contributed by atoms with E-state index >= 15 is 0 Å². The molecule has 0 radical (unpaired) electrons. The molecule has 160 valence electrons. The molecule has 0 aromatic heterocycles. The van der Waals surface area contributed by atoms with E-state index in [1.165, 1.54) is 6.07 Å². The number of nitrogens with zero attached hydrogens (tertiary/aromatic N) is 3. The van der Waals surface area contributed by atoms with Crippen LogP contribution in [0.15, 0.2) is 18.2 Å². The van der Waals surface area contributed by atoms with Gasteiger partial charge in [0.2, 0.25) is 0 Å². The van der Waals surface area contributed by atoms with Crippen molar-refractivity contribution < 1.29 is 23.9 Å². The lowest BCUT2D eigenvalue weighted by molar-refractivity contribution is -0.122. The first-order valence-corrected chi connectivity index (χ1v) is 12.5. The highest BCUT2D eigenvalue weighted by Crippen LogP contribution is 2.40. The van der Waals surface area contributed by atoms with Crippen LogP contribution >= 0.6 is 11.6 Å². The first-order chi connectivity index (χ1) is 13.0. The van der Waals surface area contributed by atoms with Crippen LogP contribution in [0.1, 0.15) is 53.1 Å². The first-order valence-electron chi connectivity index (χ1n) is 9.25. The van der Waals surface area contributed by atoms with Gasteiger partial charge < -0.3 is 15.1 Å². The second-order valence-corrected chi connectivity index (χ2v) is 14.6. The van der Waals surface area contributed by atoms with E-state index in [4.69, 9.17) is 21.6 Å². The van der Waals surface area contributed by atoms with Crippen molar-refractivity contribution in [3.63, 3.8) is 0 Å². The topological polar surface area (TPSA) is 103 Å². The maximum Gasteiger partial charge on any atom is 0.408 e. The summed E-state index contributed by atoms with van der Waals surface area (Å²) in [7, 11) is -2.14. The van der Waals surface area contributed by atoms with Crippen LogP contribution in [-0.4, -0.2) is 46.7 Å². The zero-order chi connectivity index (χ0) is 22.8. The minimum atomic E-state index is -2.14. The second-order valence-electron chi connectivity index (χ2n) is 9.43. The molecule has 0 spiro atoms. The van der Waals surface area contributed by atoms with E-state index in [1.807, 2.05) is 0 Å². The second kappa shape index (κ2) is 8.69. The summed E-state index contributed by atoms with van der Waals surface area (Å²) in [4.78, 5) is 28.3. The summed E-state index contributed by atoms with van der Waals surface area (Å²) in [5.41, 5.74) is 8.27. The van der Waals surface area contributed by atoms with Crippen LogP contribution < -0.4 is 4.43 Å². The zero-order valence-corrected chi connectivity index (χ0v) is 20.0. The number of rotatable bonds is 6. The molecule has 29 heavy (non-hydrogen) atoms. The third-order valence-electron chi connectivity index (χ3n) is 5.08. The Bertz CT molecular complexity index is 837. The number of amides is 1. The maximum atomic E-state index is 12.6. The van der Waals surface area contributed by atoms with Crippen molar-refractivity contribution in [2.24, 2.45) is 0 Å². The van der Waals surface area contributed by atoms with Gasteiger partial charge in [0, 0.05) is 5.54 Å².